The van der Waals surface area contributed by atoms with Gasteiger partial charge in [-0.1, -0.05) is 19.9 Å². The summed E-state index contributed by atoms with van der Waals surface area (Å²) in [5.41, 5.74) is 2.98. The van der Waals surface area contributed by atoms with Crippen LogP contribution in [0.5, 0.6) is 11.5 Å². The van der Waals surface area contributed by atoms with Crippen LogP contribution in [0.15, 0.2) is 52.3 Å². The van der Waals surface area contributed by atoms with Crippen molar-refractivity contribution >= 4 is 38.3 Å². The van der Waals surface area contributed by atoms with E-state index < -0.39 is 0 Å². The number of anilines is 1. The second-order valence-corrected chi connectivity index (χ2v) is 8.39. The van der Waals surface area contributed by atoms with Crippen LogP contribution in [-0.2, 0) is 4.79 Å². The average Bonchev–Trinajstić information content (AvgIpc) is 3.16. The molecule has 0 saturated carbocycles. The van der Waals surface area contributed by atoms with Crippen LogP contribution in [0, 0.1) is 0 Å². The number of hydrogen-bond donors (Lipinski definition) is 1. The lowest BCUT2D eigenvalue weighted by atomic mass is 10.0. The summed E-state index contributed by atoms with van der Waals surface area (Å²) >= 11 is 4.88. The Balaban J connectivity index is 1.56. The van der Waals surface area contributed by atoms with Gasteiger partial charge in [0.05, 0.1) is 16.8 Å². The standard InChI is InChI=1S/C22H23BrN2O3S/c1-4-27-17-8-5-15(6-9-17)19-13-29-22(24-19)25-21(26)12-28-20-10-7-16(14(2)3)11-18(20)23/h5-11,13-14H,4,12H2,1-3H3,(H,24,25,26). The van der Waals surface area contributed by atoms with Crippen molar-refractivity contribution in [2.24, 2.45) is 0 Å². The molecule has 7 heteroatoms. The maximum atomic E-state index is 12.2. The normalized spacial score (nSPS) is 10.8. The van der Waals surface area contributed by atoms with Gasteiger partial charge in [0, 0.05) is 10.9 Å². The molecule has 29 heavy (non-hydrogen) atoms. The lowest BCUT2D eigenvalue weighted by Gasteiger charge is -2.11. The maximum absolute atomic E-state index is 12.2. The van der Waals surface area contributed by atoms with E-state index >= 15 is 0 Å². The third-order valence-electron chi connectivity index (χ3n) is 4.19. The van der Waals surface area contributed by atoms with Gasteiger partial charge in [0.1, 0.15) is 11.5 Å². The zero-order valence-electron chi connectivity index (χ0n) is 16.6. The van der Waals surface area contributed by atoms with Crippen molar-refractivity contribution in [2.75, 3.05) is 18.5 Å². The Morgan fingerprint density at radius 1 is 1.17 bits per heavy atom. The van der Waals surface area contributed by atoms with Gasteiger partial charge >= 0.3 is 0 Å². The van der Waals surface area contributed by atoms with Gasteiger partial charge in [0.2, 0.25) is 0 Å². The second kappa shape index (κ2) is 9.89. The summed E-state index contributed by atoms with van der Waals surface area (Å²) in [6.45, 7) is 6.76. The van der Waals surface area contributed by atoms with Gasteiger partial charge < -0.3 is 9.47 Å². The molecule has 1 amide bonds. The summed E-state index contributed by atoms with van der Waals surface area (Å²) in [5.74, 6) is 1.64. The Morgan fingerprint density at radius 3 is 2.59 bits per heavy atom. The fraction of sp³-hybridized carbons (Fsp3) is 0.273. The summed E-state index contributed by atoms with van der Waals surface area (Å²) in [7, 11) is 0. The molecule has 0 radical (unpaired) electrons. The Morgan fingerprint density at radius 2 is 1.93 bits per heavy atom. The summed E-state index contributed by atoms with van der Waals surface area (Å²) < 4.78 is 11.9. The summed E-state index contributed by atoms with van der Waals surface area (Å²) in [5, 5.41) is 5.24. The van der Waals surface area contributed by atoms with Gasteiger partial charge in [-0.2, -0.15) is 0 Å². The van der Waals surface area contributed by atoms with Gasteiger partial charge in [-0.25, -0.2) is 4.98 Å². The Bertz CT molecular complexity index is 970. The van der Waals surface area contributed by atoms with E-state index in [1.54, 1.807) is 0 Å². The van der Waals surface area contributed by atoms with E-state index in [1.165, 1.54) is 16.9 Å². The monoisotopic (exact) mass is 474 g/mol. The molecule has 0 fully saturated rings. The Kier molecular flexibility index (Phi) is 7.28. The first-order chi connectivity index (χ1) is 14.0. The predicted octanol–water partition coefficient (Wildman–Crippen LogP) is 6.11. The molecule has 5 nitrogen and oxygen atoms in total. The molecule has 0 aliphatic heterocycles. The van der Waals surface area contributed by atoms with Crippen molar-refractivity contribution < 1.29 is 14.3 Å². The number of rotatable bonds is 8. The third kappa shape index (κ3) is 5.81. The number of hydrogen-bond acceptors (Lipinski definition) is 5. The van der Waals surface area contributed by atoms with Gasteiger partial charge in [0.15, 0.2) is 11.7 Å². The fourth-order valence-corrected chi connectivity index (χ4v) is 3.89. The Labute approximate surface area is 183 Å². The van der Waals surface area contributed by atoms with E-state index in [2.05, 4.69) is 40.1 Å². The maximum Gasteiger partial charge on any atom is 0.264 e. The number of ether oxygens (including phenoxy) is 2. The average molecular weight is 475 g/mol. The highest BCUT2D eigenvalue weighted by Crippen LogP contribution is 2.29. The van der Waals surface area contributed by atoms with Crippen LogP contribution in [-0.4, -0.2) is 24.1 Å². The number of halogens is 1. The minimum absolute atomic E-state index is 0.0857. The molecule has 0 atom stereocenters. The first-order valence-electron chi connectivity index (χ1n) is 9.37. The predicted molar refractivity (Wildman–Crippen MR) is 121 cm³/mol. The molecule has 1 N–H and O–H groups in total. The largest absolute Gasteiger partial charge is 0.494 e. The van der Waals surface area contributed by atoms with Gasteiger partial charge in [-0.3, -0.25) is 10.1 Å². The first-order valence-corrected chi connectivity index (χ1v) is 11.0. The third-order valence-corrected chi connectivity index (χ3v) is 5.57. The van der Waals surface area contributed by atoms with E-state index in [-0.39, 0.29) is 12.5 Å². The highest BCUT2D eigenvalue weighted by Gasteiger charge is 2.11. The van der Waals surface area contributed by atoms with Crippen LogP contribution in [0.3, 0.4) is 0 Å². The van der Waals surface area contributed by atoms with Crippen LogP contribution in [0.1, 0.15) is 32.3 Å². The number of nitrogens with one attached hydrogen (secondary N) is 1. The van der Waals surface area contributed by atoms with E-state index in [1.807, 2.05) is 54.8 Å². The van der Waals surface area contributed by atoms with Crippen LogP contribution >= 0.6 is 27.3 Å². The number of aromatic nitrogens is 1. The van der Waals surface area contributed by atoms with Gasteiger partial charge in [-0.15, -0.1) is 11.3 Å². The zero-order valence-corrected chi connectivity index (χ0v) is 19.0. The van der Waals surface area contributed by atoms with Crippen molar-refractivity contribution in [1.29, 1.82) is 0 Å². The number of nitrogens with zero attached hydrogens (tertiary/aromatic N) is 1. The molecule has 1 heterocycles. The van der Waals surface area contributed by atoms with Crippen LogP contribution in [0.25, 0.3) is 11.3 Å². The first kappa shape index (κ1) is 21.3. The molecular weight excluding hydrogens is 452 g/mol. The lowest BCUT2D eigenvalue weighted by Crippen LogP contribution is -2.20. The summed E-state index contributed by atoms with van der Waals surface area (Å²) in [4.78, 5) is 16.7. The molecule has 0 unspecified atom stereocenters. The lowest BCUT2D eigenvalue weighted by molar-refractivity contribution is -0.118. The quantitative estimate of drug-likeness (QED) is 0.427. The van der Waals surface area contributed by atoms with Crippen molar-refractivity contribution in [3.8, 4) is 22.8 Å². The van der Waals surface area contributed by atoms with Gasteiger partial charge in [-0.05, 0) is 70.7 Å². The highest BCUT2D eigenvalue weighted by atomic mass is 79.9. The van der Waals surface area contributed by atoms with E-state index in [0.717, 1.165) is 21.5 Å². The molecule has 0 bridgehead atoms. The van der Waals surface area contributed by atoms with Crippen LogP contribution < -0.4 is 14.8 Å². The van der Waals surface area contributed by atoms with Crippen LogP contribution in [0.4, 0.5) is 5.13 Å². The number of carbonyl (C=O) groups is 1. The molecule has 0 saturated heterocycles. The Hall–Kier alpha value is -2.38. The van der Waals surface area contributed by atoms with E-state index in [4.69, 9.17) is 9.47 Å². The molecule has 3 aromatic rings. The second-order valence-electron chi connectivity index (χ2n) is 6.68. The summed E-state index contributed by atoms with van der Waals surface area (Å²) in [6, 6.07) is 13.6. The smallest absolute Gasteiger partial charge is 0.264 e. The SMILES string of the molecule is CCOc1ccc(-c2csc(NC(=O)COc3ccc(C(C)C)cc3Br)n2)cc1. The summed E-state index contributed by atoms with van der Waals surface area (Å²) in [6.07, 6.45) is 0. The molecule has 0 aliphatic carbocycles. The minimum Gasteiger partial charge on any atom is -0.494 e. The molecule has 2 aromatic carbocycles. The molecule has 1 aromatic heterocycles. The zero-order chi connectivity index (χ0) is 20.8. The van der Waals surface area contributed by atoms with Crippen LogP contribution in [0.2, 0.25) is 0 Å². The topological polar surface area (TPSA) is 60.5 Å². The fourth-order valence-electron chi connectivity index (χ4n) is 2.64. The number of thiazole rings is 1. The molecule has 152 valence electrons. The molecule has 3 rings (SSSR count). The van der Waals surface area contributed by atoms with Crippen molar-refractivity contribution in [3.05, 3.63) is 57.9 Å². The molecule has 0 aliphatic rings. The van der Waals surface area contributed by atoms with Crippen molar-refractivity contribution in [1.82, 2.24) is 4.98 Å². The van der Waals surface area contributed by atoms with Crippen molar-refractivity contribution in [2.45, 2.75) is 26.7 Å². The molecule has 0 spiro atoms. The minimum atomic E-state index is -0.252. The van der Waals surface area contributed by atoms with E-state index in [0.29, 0.717) is 23.4 Å². The highest BCUT2D eigenvalue weighted by molar-refractivity contribution is 9.10. The number of amides is 1. The van der Waals surface area contributed by atoms with Crippen molar-refractivity contribution in [3.63, 3.8) is 0 Å². The number of benzene rings is 2. The number of carbonyl (C=O) groups excluding carboxylic acids is 1. The molecular formula is C22H23BrN2O3S. The van der Waals surface area contributed by atoms with Gasteiger partial charge in [0.25, 0.3) is 5.91 Å². The van der Waals surface area contributed by atoms with E-state index in [9.17, 15) is 4.79 Å².